The van der Waals surface area contributed by atoms with Gasteiger partial charge in [0, 0.05) is 12.2 Å². The van der Waals surface area contributed by atoms with Gasteiger partial charge in [-0.2, -0.15) is 11.8 Å². The number of benzene rings is 2. The molecule has 0 radical (unpaired) electrons. The van der Waals surface area contributed by atoms with E-state index in [2.05, 4.69) is 35.0 Å². The molecule has 0 aromatic heterocycles. The maximum absolute atomic E-state index is 12.9. The van der Waals surface area contributed by atoms with Gasteiger partial charge in [0.15, 0.2) is 0 Å². The second-order valence-electron chi connectivity index (χ2n) is 7.29. The number of amides is 2. The van der Waals surface area contributed by atoms with E-state index in [1.165, 1.54) is 16.7 Å². The van der Waals surface area contributed by atoms with Crippen LogP contribution in [-0.4, -0.2) is 35.9 Å². The van der Waals surface area contributed by atoms with Gasteiger partial charge in [-0.1, -0.05) is 43.3 Å². The van der Waals surface area contributed by atoms with Crippen molar-refractivity contribution >= 4 is 29.3 Å². The Labute approximate surface area is 177 Å². The molecule has 1 aliphatic heterocycles. The lowest BCUT2D eigenvalue weighted by molar-refractivity contribution is -0.128. The van der Waals surface area contributed by atoms with Crippen molar-refractivity contribution in [2.75, 3.05) is 17.3 Å². The van der Waals surface area contributed by atoms with Crippen LogP contribution in [0.15, 0.2) is 48.5 Å². The minimum absolute atomic E-state index is 0.123. The first kappa shape index (κ1) is 21.4. The number of hydrogen-bond acceptors (Lipinski definition) is 4. The molecule has 0 spiro atoms. The lowest BCUT2D eigenvalue weighted by Gasteiger charge is -2.27. The van der Waals surface area contributed by atoms with Crippen molar-refractivity contribution in [1.82, 2.24) is 10.6 Å². The number of thioether (sulfide) groups is 1. The van der Waals surface area contributed by atoms with E-state index >= 15 is 0 Å². The Bertz CT molecular complexity index is 838. The van der Waals surface area contributed by atoms with Gasteiger partial charge in [0.05, 0.1) is 6.04 Å². The summed E-state index contributed by atoms with van der Waals surface area (Å²) in [4.78, 5) is 25.7. The Hall–Kier alpha value is -2.31. The van der Waals surface area contributed by atoms with Crippen molar-refractivity contribution in [3.8, 4) is 0 Å². The molecule has 6 heteroatoms. The van der Waals surface area contributed by atoms with Crippen molar-refractivity contribution in [3.63, 3.8) is 0 Å². The molecular weight excluding hydrogens is 382 g/mol. The molecule has 3 rings (SSSR count). The van der Waals surface area contributed by atoms with Gasteiger partial charge in [0.25, 0.3) is 0 Å². The summed E-state index contributed by atoms with van der Waals surface area (Å²) in [6.45, 7) is 2.76. The second-order valence-corrected chi connectivity index (χ2v) is 8.27. The smallest absolute Gasteiger partial charge is 0.246 e. The first-order chi connectivity index (χ1) is 14.1. The van der Waals surface area contributed by atoms with Crippen molar-refractivity contribution in [3.05, 3.63) is 65.2 Å². The SMILES string of the molecule is CCc1ccc(NC(=O)[C@@H](CCSC)NC(=O)[C@H]2Cc3ccccc3CN2)cc1. The number of hydrogen-bond donors (Lipinski definition) is 3. The van der Waals surface area contributed by atoms with Gasteiger partial charge in [-0.25, -0.2) is 0 Å². The van der Waals surface area contributed by atoms with E-state index in [1.807, 2.05) is 42.7 Å². The molecule has 0 bridgehead atoms. The fraction of sp³-hybridized carbons (Fsp3) is 0.391. The molecule has 2 amide bonds. The van der Waals surface area contributed by atoms with Crippen molar-refractivity contribution in [2.24, 2.45) is 0 Å². The van der Waals surface area contributed by atoms with Gasteiger partial charge in [-0.05, 0) is 60.1 Å². The van der Waals surface area contributed by atoms with E-state index in [9.17, 15) is 9.59 Å². The average molecular weight is 412 g/mol. The van der Waals surface area contributed by atoms with Gasteiger partial charge in [-0.3, -0.25) is 9.59 Å². The molecule has 0 unspecified atom stereocenters. The molecular formula is C23H29N3O2S. The summed E-state index contributed by atoms with van der Waals surface area (Å²) in [5.41, 5.74) is 4.38. The summed E-state index contributed by atoms with van der Waals surface area (Å²) in [6, 6.07) is 15.1. The van der Waals surface area contributed by atoms with E-state index in [0.717, 1.165) is 17.9 Å². The Morgan fingerprint density at radius 3 is 2.55 bits per heavy atom. The highest BCUT2D eigenvalue weighted by Crippen LogP contribution is 2.17. The molecule has 1 aliphatic rings. The van der Waals surface area contributed by atoms with Crippen LogP contribution in [0.4, 0.5) is 5.69 Å². The highest BCUT2D eigenvalue weighted by atomic mass is 32.2. The average Bonchev–Trinajstić information content (AvgIpc) is 2.76. The molecule has 0 aliphatic carbocycles. The zero-order valence-corrected chi connectivity index (χ0v) is 17.9. The third kappa shape index (κ3) is 5.84. The van der Waals surface area contributed by atoms with Crippen LogP contribution in [0.3, 0.4) is 0 Å². The highest BCUT2D eigenvalue weighted by Gasteiger charge is 2.28. The summed E-state index contributed by atoms with van der Waals surface area (Å²) in [5, 5.41) is 9.20. The number of nitrogens with one attached hydrogen (secondary N) is 3. The molecule has 5 nitrogen and oxygen atoms in total. The number of carbonyl (C=O) groups is 2. The monoisotopic (exact) mass is 411 g/mol. The van der Waals surface area contributed by atoms with Crippen LogP contribution in [0.2, 0.25) is 0 Å². The molecule has 0 fully saturated rings. The number of carbonyl (C=O) groups excluding carboxylic acids is 2. The van der Waals surface area contributed by atoms with Crippen molar-refractivity contribution in [1.29, 1.82) is 0 Å². The van der Waals surface area contributed by atoms with Crippen LogP contribution in [0.5, 0.6) is 0 Å². The quantitative estimate of drug-likeness (QED) is 0.624. The van der Waals surface area contributed by atoms with Gasteiger partial charge in [-0.15, -0.1) is 0 Å². The standard InChI is InChI=1S/C23H29N3O2S/c1-3-16-8-10-19(11-9-16)25-22(27)20(12-13-29-2)26-23(28)21-14-17-6-4-5-7-18(17)15-24-21/h4-11,20-21,24H,3,12-15H2,1-2H3,(H,25,27)(H,26,28)/t20-,21-/m1/s1. The zero-order chi connectivity index (χ0) is 20.6. The van der Waals surface area contributed by atoms with Gasteiger partial charge in [0.1, 0.15) is 6.04 Å². The van der Waals surface area contributed by atoms with Crippen LogP contribution in [0.25, 0.3) is 0 Å². The maximum Gasteiger partial charge on any atom is 0.246 e. The normalized spacial score (nSPS) is 16.6. The molecule has 3 N–H and O–H groups in total. The summed E-state index contributed by atoms with van der Waals surface area (Å²) in [7, 11) is 0. The van der Waals surface area contributed by atoms with Crippen LogP contribution in [0.1, 0.15) is 30.0 Å². The maximum atomic E-state index is 12.9. The van der Waals surface area contributed by atoms with Gasteiger partial charge < -0.3 is 16.0 Å². The van der Waals surface area contributed by atoms with E-state index in [-0.39, 0.29) is 17.9 Å². The van der Waals surface area contributed by atoms with E-state index in [4.69, 9.17) is 0 Å². The minimum atomic E-state index is -0.556. The van der Waals surface area contributed by atoms with Crippen molar-refractivity contribution < 1.29 is 9.59 Å². The molecule has 2 atom stereocenters. The molecule has 2 aromatic rings. The molecule has 1 heterocycles. The summed E-state index contributed by atoms with van der Waals surface area (Å²) in [6.07, 6.45) is 4.18. The van der Waals surface area contributed by atoms with E-state index < -0.39 is 6.04 Å². The zero-order valence-electron chi connectivity index (χ0n) is 17.0. The molecule has 0 saturated heterocycles. The predicted molar refractivity (Wildman–Crippen MR) is 120 cm³/mol. The van der Waals surface area contributed by atoms with Gasteiger partial charge in [0.2, 0.25) is 11.8 Å². The number of fused-ring (bicyclic) bond motifs is 1. The number of anilines is 1. The lowest BCUT2D eigenvalue weighted by atomic mass is 9.95. The predicted octanol–water partition coefficient (Wildman–Crippen LogP) is 3.14. The largest absolute Gasteiger partial charge is 0.343 e. The minimum Gasteiger partial charge on any atom is -0.343 e. The first-order valence-electron chi connectivity index (χ1n) is 10.1. The van der Waals surface area contributed by atoms with Crippen LogP contribution < -0.4 is 16.0 Å². The van der Waals surface area contributed by atoms with Crippen LogP contribution in [-0.2, 0) is 29.0 Å². The third-order valence-corrected chi connectivity index (χ3v) is 5.92. The third-order valence-electron chi connectivity index (χ3n) is 5.27. The number of rotatable bonds is 8. The summed E-state index contributed by atoms with van der Waals surface area (Å²) >= 11 is 1.67. The van der Waals surface area contributed by atoms with E-state index in [1.54, 1.807) is 11.8 Å². The fourth-order valence-electron chi connectivity index (χ4n) is 3.47. The molecule has 154 valence electrons. The Morgan fingerprint density at radius 2 is 1.86 bits per heavy atom. The summed E-state index contributed by atoms with van der Waals surface area (Å²) < 4.78 is 0. The lowest BCUT2D eigenvalue weighted by Crippen LogP contribution is -2.53. The molecule has 29 heavy (non-hydrogen) atoms. The highest BCUT2D eigenvalue weighted by molar-refractivity contribution is 7.98. The fourth-order valence-corrected chi connectivity index (χ4v) is 3.94. The second kappa shape index (κ2) is 10.5. The Kier molecular flexibility index (Phi) is 7.72. The van der Waals surface area contributed by atoms with Crippen LogP contribution in [0, 0.1) is 0 Å². The molecule has 0 saturated carbocycles. The Morgan fingerprint density at radius 1 is 1.14 bits per heavy atom. The Balaban J connectivity index is 1.63. The molecule has 2 aromatic carbocycles. The van der Waals surface area contributed by atoms with Crippen LogP contribution >= 0.6 is 11.8 Å². The first-order valence-corrected chi connectivity index (χ1v) is 11.5. The van der Waals surface area contributed by atoms with Crippen molar-refractivity contribution in [2.45, 2.75) is 44.8 Å². The topological polar surface area (TPSA) is 70.2 Å². The number of aryl methyl sites for hydroxylation is 1. The van der Waals surface area contributed by atoms with Gasteiger partial charge >= 0.3 is 0 Å². The van der Waals surface area contributed by atoms with E-state index in [0.29, 0.717) is 19.4 Å². The summed E-state index contributed by atoms with van der Waals surface area (Å²) in [5.74, 6) is 0.503.